The maximum absolute atomic E-state index is 13.6. The van der Waals surface area contributed by atoms with E-state index < -0.39 is 5.97 Å². The summed E-state index contributed by atoms with van der Waals surface area (Å²) in [6.45, 7) is 0.673. The summed E-state index contributed by atoms with van der Waals surface area (Å²) in [4.78, 5) is 12.3. The molecule has 0 heterocycles. The van der Waals surface area contributed by atoms with Crippen LogP contribution in [-0.2, 0) is 17.1 Å². The van der Waals surface area contributed by atoms with Crippen molar-refractivity contribution in [2.45, 2.75) is 42.5 Å². The van der Waals surface area contributed by atoms with Crippen LogP contribution in [-0.4, -0.2) is 17.1 Å². The SMILES string of the molecule is O=C(O)C1CCCC1NCc1ccc(SCc2ccccc2F)cc1. The van der Waals surface area contributed by atoms with Gasteiger partial charge < -0.3 is 10.4 Å². The van der Waals surface area contributed by atoms with Crippen molar-refractivity contribution in [1.29, 1.82) is 0 Å². The minimum Gasteiger partial charge on any atom is -0.481 e. The number of thioether (sulfide) groups is 1. The lowest BCUT2D eigenvalue weighted by molar-refractivity contribution is -0.142. The van der Waals surface area contributed by atoms with Crippen LogP contribution in [0.25, 0.3) is 0 Å². The first kappa shape index (κ1) is 18.0. The number of rotatable bonds is 7. The number of hydrogen-bond acceptors (Lipinski definition) is 3. The van der Waals surface area contributed by atoms with Gasteiger partial charge in [-0.25, -0.2) is 4.39 Å². The molecule has 2 aromatic carbocycles. The first-order valence-corrected chi connectivity index (χ1v) is 9.53. The molecule has 0 aromatic heterocycles. The van der Waals surface area contributed by atoms with Gasteiger partial charge in [0.2, 0.25) is 0 Å². The molecule has 0 bridgehead atoms. The summed E-state index contributed by atoms with van der Waals surface area (Å²) in [5, 5.41) is 12.6. The number of halogens is 1. The standard InChI is InChI=1S/C20H22FNO2S/c21-18-6-2-1-4-15(18)13-25-16-10-8-14(9-11-16)12-22-19-7-3-5-17(19)20(23)24/h1-2,4,6,8-11,17,19,22H,3,5,7,12-13H2,(H,23,24). The molecule has 0 radical (unpaired) electrons. The van der Waals surface area contributed by atoms with Gasteiger partial charge in [-0.1, -0.05) is 36.8 Å². The van der Waals surface area contributed by atoms with Crippen LogP contribution in [0.15, 0.2) is 53.4 Å². The van der Waals surface area contributed by atoms with Crippen molar-refractivity contribution in [3.8, 4) is 0 Å². The van der Waals surface area contributed by atoms with Gasteiger partial charge in [-0.2, -0.15) is 0 Å². The molecule has 132 valence electrons. The number of aliphatic carboxylic acids is 1. The lowest BCUT2D eigenvalue weighted by atomic mass is 10.0. The maximum Gasteiger partial charge on any atom is 0.308 e. The highest BCUT2D eigenvalue weighted by atomic mass is 32.2. The van der Waals surface area contributed by atoms with E-state index in [2.05, 4.69) is 5.32 Å². The van der Waals surface area contributed by atoms with E-state index in [4.69, 9.17) is 0 Å². The third kappa shape index (κ3) is 4.83. The number of carboxylic acid groups (broad SMARTS) is 1. The topological polar surface area (TPSA) is 49.3 Å². The van der Waals surface area contributed by atoms with Gasteiger partial charge in [-0.15, -0.1) is 11.8 Å². The molecular formula is C20H22FNO2S. The molecular weight excluding hydrogens is 337 g/mol. The molecule has 3 rings (SSSR count). The molecule has 0 aliphatic heterocycles. The Balaban J connectivity index is 1.50. The average Bonchev–Trinajstić information content (AvgIpc) is 3.09. The molecule has 5 heteroatoms. The Kier molecular flexibility index (Phi) is 6.10. The molecule has 0 spiro atoms. The molecule has 1 aliphatic rings. The maximum atomic E-state index is 13.6. The first-order valence-electron chi connectivity index (χ1n) is 8.55. The lowest BCUT2D eigenvalue weighted by Crippen LogP contribution is -2.35. The predicted octanol–water partition coefficient (Wildman–Crippen LogP) is 4.46. The normalized spacial score (nSPS) is 19.9. The Morgan fingerprint density at radius 1 is 1.16 bits per heavy atom. The third-order valence-electron chi connectivity index (χ3n) is 4.68. The van der Waals surface area contributed by atoms with E-state index in [1.54, 1.807) is 23.9 Å². The third-order valence-corrected chi connectivity index (χ3v) is 5.74. The van der Waals surface area contributed by atoms with E-state index in [1.165, 1.54) is 6.07 Å². The molecule has 0 saturated heterocycles. The summed E-state index contributed by atoms with van der Waals surface area (Å²) in [7, 11) is 0. The highest BCUT2D eigenvalue weighted by Gasteiger charge is 2.32. The van der Waals surface area contributed by atoms with E-state index in [1.807, 2.05) is 30.3 Å². The molecule has 25 heavy (non-hydrogen) atoms. The zero-order valence-electron chi connectivity index (χ0n) is 14.0. The van der Waals surface area contributed by atoms with Gasteiger partial charge in [-0.3, -0.25) is 4.79 Å². The van der Waals surface area contributed by atoms with Crippen molar-refractivity contribution in [3.05, 3.63) is 65.5 Å². The number of carbonyl (C=O) groups is 1. The monoisotopic (exact) mass is 359 g/mol. The minimum absolute atomic E-state index is 0.0626. The van der Waals surface area contributed by atoms with Gasteiger partial charge in [0.05, 0.1) is 5.92 Å². The molecule has 2 aromatic rings. The molecule has 1 aliphatic carbocycles. The smallest absolute Gasteiger partial charge is 0.308 e. The van der Waals surface area contributed by atoms with Crippen LogP contribution in [0.4, 0.5) is 4.39 Å². The lowest BCUT2D eigenvalue weighted by Gasteiger charge is -2.17. The first-order chi connectivity index (χ1) is 12.1. The van der Waals surface area contributed by atoms with Crippen molar-refractivity contribution in [2.75, 3.05) is 0 Å². The summed E-state index contributed by atoms with van der Waals surface area (Å²) < 4.78 is 13.6. The van der Waals surface area contributed by atoms with Crippen LogP contribution in [0, 0.1) is 11.7 Å². The van der Waals surface area contributed by atoms with E-state index in [0.717, 1.165) is 29.7 Å². The second-order valence-corrected chi connectivity index (χ2v) is 7.44. The zero-order chi connectivity index (χ0) is 17.6. The summed E-state index contributed by atoms with van der Waals surface area (Å²) >= 11 is 1.61. The summed E-state index contributed by atoms with van der Waals surface area (Å²) in [5.74, 6) is -0.530. The van der Waals surface area contributed by atoms with E-state index >= 15 is 0 Å². The highest BCUT2D eigenvalue weighted by Crippen LogP contribution is 2.27. The summed E-state index contributed by atoms with van der Waals surface area (Å²) in [5.41, 5.74) is 1.84. The molecule has 0 amide bonds. The van der Waals surface area contributed by atoms with Crippen LogP contribution in [0.1, 0.15) is 30.4 Å². The fourth-order valence-corrected chi connectivity index (χ4v) is 4.11. The second kappa shape index (κ2) is 8.50. The predicted molar refractivity (Wildman–Crippen MR) is 98.0 cm³/mol. The quantitative estimate of drug-likeness (QED) is 0.717. The Morgan fingerprint density at radius 3 is 2.64 bits per heavy atom. The van der Waals surface area contributed by atoms with Crippen molar-refractivity contribution in [2.24, 2.45) is 5.92 Å². The number of nitrogens with one attached hydrogen (secondary N) is 1. The van der Waals surface area contributed by atoms with Crippen LogP contribution in [0.2, 0.25) is 0 Å². The largest absolute Gasteiger partial charge is 0.481 e. The van der Waals surface area contributed by atoms with Crippen LogP contribution in [0.3, 0.4) is 0 Å². The minimum atomic E-state index is -0.699. The summed E-state index contributed by atoms with van der Waals surface area (Å²) in [6.07, 6.45) is 2.66. The van der Waals surface area contributed by atoms with Gasteiger partial charge in [0, 0.05) is 23.2 Å². The van der Waals surface area contributed by atoms with Gasteiger partial charge in [-0.05, 0) is 42.2 Å². The Labute approximate surface area is 151 Å². The van der Waals surface area contributed by atoms with Crippen molar-refractivity contribution >= 4 is 17.7 Å². The fraction of sp³-hybridized carbons (Fsp3) is 0.350. The van der Waals surface area contributed by atoms with Crippen molar-refractivity contribution in [1.82, 2.24) is 5.32 Å². The van der Waals surface area contributed by atoms with Crippen LogP contribution in [0.5, 0.6) is 0 Å². The zero-order valence-corrected chi connectivity index (χ0v) is 14.8. The van der Waals surface area contributed by atoms with E-state index in [-0.39, 0.29) is 17.8 Å². The fourth-order valence-electron chi connectivity index (χ4n) is 3.23. The Hall–Kier alpha value is -1.85. The number of carboxylic acids is 1. The highest BCUT2D eigenvalue weighted by molar-refractivity contribution is 7.98. The van der Waals surface area contributed by atoms with Crippen molar-refractivity contribution < 1.29 is 14.3 Å². The van der Waals surface area contributed by atoms with Gasteiger partial charge in [0.25, 0.3) is 0 Å². The molecule has 1 saturated carbocycles. The second-order valence-electron chi connectivity index (χ2n) is 6.39. The molecule has 2 unspecified atom stereocenters. The molecule has 3 nitrogen and oxygen atoms in total. The van der Waals surface area contributed by atoms with Gasteiger partial charge in [0.15, 0.2) is 0 Å². The number of hydrogen-bond donors (Lipinski definition) is 2. The molecule has 1 fully saturated rings. The van der Waals surface area contributed by atoms with Crippen LogP contribution < -0.4 is 5.32 Å². The van der Waals surface area contributed by atoms with Gasteiger partial charge >= 0.3 is 5.97 Å². The van der Waals surface area contributed by atoms with E-state index in [0.29, 0.717) is 17.9 Å². The van der Waals surface area contributed by atoms with Crippen LogP contribution >= 0.6 is 11.8 Å². The summed E-state index contributed by atoms with van der Waals surface area (Å²) in [6, 6.07) is 15.1. The molecule has 2 N–H and O–H groups in total. The van der Waals surface area contributed by atoms with E-state index in [9.17, 15) is 14.3 Å². The Bertz CT molecular complexity index is 720. The molecule has 2 atom stereocenters. The number of benzene rings is 2. The van der Waals surface area contributed by atoms with Gasteiger partial charge in [0.1, 0.15) is 5.82 Å². The Morgan fingerprint density at radius 2 is 1.92 bits per heavy atom. The van der Waals surface area contributed by atoms with Crippen molar-refractivity contribution in [3.63, 3.8) is 0 Å². The average molecular weight is 359 g/mol.